The van der Waals surface area contributed by atoms with Gasteiger partial charge in [0.1, 0.15) is 11.7 Å². The molecule has 2 aliphatic heterocycles. The second kappa shape index (κ2) is 6.93. The fraction of sp³-hybridized carbons (Fsp3) is 0.389. The number of rotatable bonds is 3. The number of thiazole rings is 1. The smallest absolute Gasteiger partial charge is 0.273 e. The summed E-state index contributed by atoms with van der Waals surface area (Å²) in [6, 6.07) is 9.89. The molecule has 0 saturated carbocycles. The van der Waals surface area contributed by atoms with Gasteiger partial charge in [0.15, 0.2) is 0 Å². The Morgan fingerprint density at radius 2 is 2.08 bits per heavy atom. The molecule has 2 saturated heterocycles. The van der Waals surface area contributed by atoms with Crippen LogP contribution in [0.2, 0.25) is 0 Å². The molecule has 3 heterocycles. The van der Waals surface area contributed by atoms with Gasteiger partial charge in [-0.25, -0.2) is 4.98 Å². The molecule has 1 N–H and O–H groups in total. The Kier molecular flexibility index (Phi) is 4.50. The van der Waals surface area contributed by atoms with E-state index < -0.39 is 0 Å². The Bertz CT molecular complexity index is 776. The van der Waals surface area contributed by atoms with Crippen molar-refractivity contribution in [2.45, 2.75) is 12.5 Å². The lowest BCUT2D eigenvalue weighted by molar-refractivity contribution is -0.131. The lowest BCUT2D eigenvalue weighted by atomic mass is 10.1. The molecule has 0 spiro atoms. The molecule has 4 rings (SSSR count). The molecule has 2 fully saturated rings. The molecule has 2 aromatic rings. The highest BCUT2D eigenvalue weighted by Crippen LogP contribution is 2.19. The van der Waals surface area contributed by atoms with Crippen LogP contribution in [0, 0.1) is 0 Å². The van der Waals surface area contributed by atoms with Gasteiger partial charge in [-0.15, -0.1) is 11.3 Å². The van der Waals surface area contributed by atoms with Gasteiger partial charge in [0.25, 0.3) is 5.91 Å². The molecule has 1 atom stereocenters. The molecule has 2 amide bonds. The van der Waals surface area contributed by atoms with Crippen LogP contribution < -0.4 is 5.32 Å². The van der Waals surface area contributed by atoms with Gasteiger partial charge in [-0.1, -0.05) is 30.3 Å². The number of nitrogens with one attached hydrogen (secondary N) is 1. The van der Waals surface area contributed by atoms with Gasteiger partial charge in [0.05, 0.1) is 5.01 Å². The molecular formula is C18H20N4O2S. The third kappa shape index (κ3) is 3.43. The number of fused-ring (bicyclic) bond motifs is 1. The maximum absolute atomic E-state index is 12.8. The molecule has 7 heteroatoms. The topological polar surface area (TPSA) is 65.5 Å². The quantitative estimate of drug-likeness (QED) is 0.891. The summed E-state index contributed by atoms with van der Waals surface area (Å²) in [6.07, 6.45) is 0.734. The Morgan fingerprint density at radius 1 is 1.24 bits per heavy atom. The van der Waals surface area contributed by atoms with Crippen LogP contribution in [-0.4, -0.2) is 65.4 Å². The van der Waals surface area contributed by atoms with Gasteiger partial charge < -0.3 is 10.2 Å². The van der Waals surface area contributed by atoms with E-state index in [2.05, 4.69) is 27.3 Å². The van der Waals surface area contributed by atoms with Gasteiger partial charge in [0, 0.05) is 44.5 Å². The maximum atomic E-state index is 12.8. The van der Waals surface area contributed by atoms with E-state index in [0.717, 1.165) is 24.5 Å². The van der Waals surface area contributed by atoms with E-state index in [9.17, 15) is 9.59 Å². The summed E-state index contributed by atoms with van der Waals surface area (Å²) in [5.74, 6) is -0.0552. The average Bonchev–Trinajstić information content (AvgIpc) is 3.10. The standard InChI is InChI=1S/C18H20N4O2S/c23-17-15-11-22(9-8-21(15)7-6-19-17)18(24)14-12-25-16(20-14)10-13-4-2-1-3-5-13/h1-5,12,15H,6-11H2,(H,19,23)/t15-/m1/s1. The highest BCUT2D eigenvalue weighted by Gasteiger charge is 2.36. The molecule has 2 aliphatic rings. The summed E-state index contributed by atoms with van der Waals surface area (Å²) < 4.78 is 0. The Morgan fingerprint density at radius 3 is 2.92 bits per heavy atom. The first kappa shape index (κ1) is 16.2. The van der Waals surface area contributed by atoms with Crippen LogP contribution in [0.15, 0.2) is 35.7 Å². The third-order valence-corrected chi connectivity index (χ3v) is 5.60. The SMILES string of the molecule is O=C1NCCN2CCN(C(=O)c3csc(Cc4ccccc4)n3)C[C@H]12. The van der Waals surface area contributed by atoms with Gasteiger partial charge in [-0.2, -0.15) is 0 Å². The van der Waals surface area contributed by atoms with E-state index in [-0.39, 0.29) is 17.9 Å². The predicted molar refractivity (Wildman–Crippen MR) is 95.6 cm³/mol. The van der Waals surface area contributed by atoms with Gasteiger partial charge in [0.2, 0.25) is 5.91 Å². The van der Waals surface area contributed by atoms with E-state index >= 15 is 0 Å². The van der Waals surface area contributed by atoms with Crippen LogP contribution >= 0.6 is 11.3 Å². The third-order valence-electron chi connectivity index (χ3n) is 4.75. The number of carbonyl (C=O) groups excluding carboxylic acids is 2. The number of hydrogen-bond acceptors (Lipinski definition) is 5. The molecule has 0 radical (unpaired) electrons. The average molecular weight is 356 g/mol. The van der Waals surface area contributed by atoms with Crippen LogP contribution in [0.5, 0.6) is 0 Å². The summed E-state index contributed by atoms with van der Waals surface area (Å²) in [5.41, 5.74) is 1.67. The molecule has 0 aliphatic carbocycles. The molecule has 1 aromatic heterocycles. The second-order valence-electron chi connectivity index (χ2n) is 6.38. The number of benzene rings is 1. The Hall–Kier alpha value is -2.25. The first-order chi connectivity index (χ1) is 12.2. The molecule has 1 aromatic carbocycles. The minimum Gasteiger partial charge on any atom is -0.353 e. The van der Waals surface area contributed by atoms with Gasteiger partial charge in [-0.3, -0.25) is 14.5 Å². The van der Waals surface area contributed by atoms with Crippen LogP contribution in [0.3, 0.4) is 0 Å². The minimum atomic E-state index is -0.228. The van der Waals surface area contributed by atoms with Crippen LogP contribution in [0.1, 0.15) is 21.1 Å². The van der Waals surface area contributed by atoms with Crippen molar-refractivity contribution in [3.63, 3.8) is 0 Å². The molecule has 0 unspecified atom stereocenters. The summed E-state index contributed by atoms with van der Waals surface area (Å²) >= 11 is 1.51. The fourth-order valence-corrected chi connectivity index (χ4v) is 4.19. The summed E-state index contributed by atoms with van der Waals surface area (Å²) in [7, 11) is 0. The number of aromatic nitrogens is 1. The zero-order chi connectivity index (χ0) is 17.2. The van der Waals surface area contributed by atoms with E-state index in [1.807, 2.05) is 23.6 Å². The summed E-state index contributed by atoms with van der Waals surface area (Å²) in [6.45, 7) is 3.38. The van der Waals surface area contributed by atoms with E-state index in [1.165, 1.54) is 16.9 Å². The molecule has 0 bridgehead atoms. The summed E-state index contributed by atoms with van der Waals surface area (Å²) in [5, 5.41) is 5.64. The van der Waals surface area contributed by atoms with Crippen molar-refractivity contribution >= 4 is 23.2 Å². The highest BCUT2D eigenvalue weighted by molar-refractivity contribution is 7.09. The van der Waals surface area contributed by atoms with Crippen LogP contribution in [0.25, 0.3) is 0 Å². The van der Waals surface area contributed by atoms with Crippen molar-refractivity contribution in [2.75, 3.05) is 32.7 Å². The zero-order valence-corrected chi connectivity index (χ0v) is 14.7. The number of hydrogen-bond donors (Lipinski definition) is 1. The van der Waals surface area contributed by atoms with Crippen molar-refractivity contribution < 1.29 is 9.59 Å². The number of piperazine rings is 2. The van der Waals surface area contributed by atoms with Gasteiger partial charge >= 0.3 is 0 Å². The zero-order valence-electron chi connectivity index (χ0n) is 13.9. The first-order valence-electron chi connectivity index (χ1n) is 8.50. The fourth-order valence-electron chi connectivity index (χ4n) is 3.38. The Labute approximate surface area is 150 Å². The molecule has 25 heavy (non-hydrogen) atoms. The lowest BCUT2D eigenvalue weighted by Gasteiger charge is -2.42. The van der Waals surface area contributed by atoms with Crippen molar-refractivity contribution in [2.24, 2.45) is 0 Å². The summed E-state index contributed by atoms with van der Waals surface area (Å²) in [4.78, 5) is 33.2. The van der Waals surface area contributed by atoms with Gasteiger partial charge in [-0.05, 0) is 5.56 Å². The van der Waals surface area contributed by atoms with Crippen molar-refractivity contribution in [3.8, 4) is 0 Å². The second-order valence-corrected chi connectivity index (χ2v) is 7.33. The minimum absolute atomic E-state index is 0.0202. The van der Waals surface area contributed by atoms with E-state index in [0.29, 0.717) is 25.3 Å². The lowest BCUT2D eigenvalue weighted by Crippen LogP contribution is -2.64. The van der Waals surface area contributed by atoms with Crippen molar-refractivity contribution in [1.29, 1.82) is 0 Å². The van der Waals surface area contributed by atoms with Crippen LogP contribution in [-0.2, 0) is 11.2 Å². The largest absolute Gasteiger partial charge is 0.353 e. The predicted octanol–water partition coefficient (Wildman–Crippen LogP) is 0.990. The maximum Gasteiger partial charge on any atom is 0.273 e. The molecule has 6 nitrogen and oxygen atoms in total. The van der Waals surface area contributed by atoms with E-state index in [4.69, 9.17) is 0 Å². The first-order valence-corrected chi connectivity index (χ1v) is 9.38. The van der Waals surface area contributed by atoms with Crippen LogP contribution in [0.4, 0.5) is 0 Å². The monoisotopic (exact) mass is 356 g/mol. The Balaban J connectivity index is 1.43. The van der Waals surface area contributed by atoms with Crippen molar-refractivity contribution in [1.82, 2.24) is 20.1 Å². The molecule has 130 valence electrons. The molecular weight excluding hydrogens is 336 g/mol. The normalized spacial score (nSPS) is 20.9. The van der Waals surface area contributed by atoms with E-state index in [1.54, 1.807) is 4.90 Å². The number of carbonyl (C=O) groups is 2. The highest BCUT2D eigenvalue weighted by atomic mass is 32.1. The number of amides is 2. The number of nitrogens with zero attached hydrogens (tertiary/aromatic N) is 3. The van der Waals surface area contributed by atoms with Crippen molar-refractivity contribution in [3.05, 3.63) is 52.0 Å².